The van der Waals surface area contributed by atoms with Gasteiger partial charge in [0.25, 0.3) is 5.91 Å². The normalized spacial score (nSPS) is 21.4. The first-order chi connectivity index (χ1) is 9.60. The average Bonchev–Trinajstić information content (AvgIpc) is 2.90. The molecule has 20 heavy (non-hydrogen) atoms. The minimum atomic E-state index is -0.431. The fourth-order valence-corrected chi connectivity index (χ4v) is 3.58. The molecule has 2 saturated heterocycles. The van der Waals surface area contributed by atoms with Crippen LogP contribution in [0.3, 0.4) is 0 Å². The first-order valence-electron chi connectivity index (χ1n) is 6.62. The van der Waals surface area contributed by atoms with E-state index in [0.717, 1.165) is 26.4 Å². The Hall–Kier alpha value is -0.180. The zero-order valence-corrected chi connectivity index (χ0v) is 14.6. The van der Waals surface area contributed by atoms with Gasteiger partial charge in [-0.2, -0.15) is 0 Å². The van der Waals surface area contributed by atoms with Crippen LogP contribution in [0.5, 0.6) is 0 Å². The smallest absolute Gasteiger partial charge is 0.255 e. The van der Waals surface area contributed by atoms with Crippen LogP contribution in [0.25, 0.3) is 0 Å². The molecule has 108 valence electrons. The van der Waals surface area contributed by atoms with Crippen LogP contribution in [0, 0.1) is 3.57 Å². The fraction of sp³-hybridized carbons (Fsp3) is 0.500. The van der Waals surface area contributed by atoms with Gasteiger partial charge in [-0.25, -0.2) is 0 Å². The maximum atomic E-state index is 12.6. The number of carbonyl (C=O) groups excluding carboxylic acids is 1. The monoisotopic (exact) mass is 451 g/mol. The van der Waals surface area contributed by atoms with E-state index in [0.29, 0.717) is 26.3 Å². The van der Waals surface area contributed by atoms with E-state index in [4.69, 9.17) is 9.47 Å². The predicted molar refractivity (Wildman–Crippen MR) is 86.6 cm³/mol. The first kappa shape index (κ1) is 14.7. The summed E-state index contributed by atoms with van der Waals surface area (Å²) in [6, 6.07) is 5.82. The molecule has 0 aliphatic carbocycles. The van der Waals surface area contributed by atoms with E-state index in [2.05, 4.69) is 38.5 Å². The number of nitrogens with zero attached hydrogens (tertiary/aromatic N) is 1. The molecule has 0 unspecified atom stereocenters. The number of piperidine rings is 1. The molecule has 1 amide bonds. The van der Waals surface area contributed by atoms with Crippen LogP contribution in [0.15, 0.2) is 22.7 Å². The fourth-order valence-electron chi connectivity index (χ4n) is 2.67. The summed E-state index contributed by atoms with van der Waals surface area (Å²) in [4.78, 5) is 14.5. The van der Waals surface area contributed by atoms with Gasteiger partial charge in [0, 0.05) is 34.0 Å². The van der Waals surface area contributed by atoms with Gasteiger partial charge >= 0.3 is 0 Å². The van der Waals surface area contributed by atoms with Gasteiger partial charge in [-0.1, -0.05) is 0 Å². The Balaban J connectivity index is 1.71. The number of likely N-dealkylation sites (tertiary alicyclic amines) is 1. The molecule has 4 nitrogen and oxygen atoms in total. The minimum Gasteiger partial charge on any atom is -0.347 e. The summed E-state index contributed by atoms with van der Waals surface area (Å²) in [5, 5.41) is 0. The highest BCUT2D eigenvalue weighted by molar-refractivity contribution is 14.1. The van der Waals surface area contributed by atoms with Crippen LogP contribution in [-0.4, -0.2) is 42.9 Å². The Morgan fingerprint density at radius 3 is 2.55 bits per heavy atom. The lowest BCUT2D eigenvalue weighted by Crippen LogP contribution is -2.47. The highest BCUT2D eigenvalue weighted by Crippen LogP contribution is 2.32. The van der Waals surface area contributed by atoms with E-state index in [9.17, 15) is 4.79 Å². The molecular weight excluding hydrogens is 437 g/mol. The molecule has 2 fully saturated rings. The Morgan fingerprint density at radius 1 is 1.25 bits per heavy atom. The Morgan fingerprint density at radius 2 is 1.90 bits per heavy atom. The van der Waals surface area contributed by atoms with Gasteiger partial charge in [0.1, 0.15) is 0 Å². The number of ether oxygens (including phenoxy) is 2. The van der Waals surface area contributed by atoms with Crippen molar-refractivity contribution in [3.05, 3.63) is 31.8 Å². The van der Waals surface area contributed by atoms with Crippen molar-refractivity contribution in [2.24, 2.45) is 0 Å². The van der Waals surface area contributed by atoms with Crippen molar-refractivity contribution in [2.75, 3.05) is 26.3 Å². The van der Waals surface area contributed by atoms with Gasteiger partial charge in [-0.15, -0.1) is 0 Å². The third-order valence-corrected chi connectivity index (χ3v) is 5.15. The molecular formula is C14H15BrINO3. The van der Waals surface area contributed by atoms with Crippen LogP contribution >= 0.6 is 38.5 Å². The molecule has 1 spiro atoms. The quantitative estimate of drug-likeness (QED) is 0.616. The predicted octanol–water partition coefficient (Wildman–Crippen LogP) is 3.03. The van der Waals surface area contributed by atoms with E-state index in [1.165, 1.54) is 0 Å². The van der Waals surface area contributed by atoms with E-state index in [1.54, 1.807) is 0 Å². The SMILES string of the molecule is O=C(c1cc(I)ccc1Br)N1CCC2(CC1)OCCO2. The third-order valence-electron chi connectivity index (χ3n) is 3.78. The summed E-state index contributed by atoms with van der Waals surface area (Å²) in [5.74, 6) is -0.359. The second-order valence-electron chi connectivity index (χ2n) is 5.02. The van der Waals surface area contributed by atoms with Gasteiger partial charge in [0.05, 0.1) is 18.8 Å². The van der Waals surface area contributed by atoms with Crippen molar-refractivity contribution in [2.45, 2.75) is 18.6 Å². The van der Waals surface area contributed by atoms with Crippen molar-refractivity contribution >= 4 is 44.4 Å². The number of hydrogen-bond acceptors (Lipinski definition) is 3. The number of halogens is 2. The van der Waals surface area contributed by atoms with Gasteiger partial charge in [0.15, 0.2) is 5.79 Å². The van der Waals surface area contributed by atoms with Crippen molar-refractivity contribution in [1.29, 1.82) is 0 Å². The van der Waals surface area contributed by atoms with Crippen molar-refractivity contribution in [3.63, 3.8) is 0 Å². The van der Waals surface area contributed by atoms with E-state index >= 15 is 0 Å². The molecule has 2 aliphatic heterocycles. The molecule has 2 aliphatic rings. The molecule has 0 atom stereocenters. The van der Waals surface area contributed by atoms with Crippen molar-refractivity contribution < 1.29 is 14.3 Å². The van der Waals surface area contributed by atoms with Crippen LogP contribution in [0.1, 0.15) is 23.2 Å². The van der Waals surface area contributed by atoms with Gasteiger partial charge in [-0.05, 0) is 56.7 Å². The van der Waals surface area contributed by atoms with E-state index in [-0.39, 0.29) is 5.91 Å². The Kier molecular flexibility index (Phi) is 4.35. The van der Waals surface area contributed by atoms with Crippen molar-refractivity contribution in [1.82, 2.24) is 4.90 Å². The average molecular weight is 452 g/mol. The maximum Gasteiger partial charge on any atom is 0.255 e. The molecule has 2 heterocycles. The second kappa shape index (κ2) is 5.90. The highest BCUT2D eigenvalue weighted by atomic mass is 127. The Labute approximate surface area is 140 Å². The number of hydrogen-bond donors (Lipinski definition) is 0. The molecule has 0 aromatic heterocycles. The lowest BCUT2D eigenvalue weighted by Gasteiger charge is -2.37. The summed E-state index contributed by atoms with van der Waals surface area (Å²) < 4.78 is 13.3. The van der Waals surface area contributed by atoms with Crippen molar-refractivity contribution in [3.8, 4) is 0 Å². The van der Waals surface area contributed by atoms with E-state index < -0.39 is 5.79 Å². The lowest BCUT2D eigenvalue weighted by molar-refractivity contribution is -0.181. The second-order valence-corrected chi connectivity index (χ2v) is 7.12. The minimum absolute atomic E-state index is 0.0724. The van der Waals surface area contributed by atoms with Gasteiger partial charge in [-0.3, -0.25) is 4.79 Å². The first-order valence-corrected chi connectivity index (χ1v) is 8.49. The molecule has 6 heteroatoms. The van der Waals surface area contributed by atoms with Crippen LogP contribution in [0.2, 0.25) is 0 Å². The molecule has 1 aromatic rings. The third kappa shape index (κ3) is 2.88. The number of benzene rings is 1. The number of amides is 1. The molecule has 0 saturated carbocycles. The van der Waals surface area contributed by atoms with E-state index in [1.807, 2.05) is 23.1 Å². The number of carbonyl (C=O) groups is 1. The van der Waals surface area contributed by atoms with Crippen LogP contribution in [-0.2, 0) is 9.47 Å². The largest absolute Gasteiger partial charge is 0.347 e. The topological polar surface area (TPSA) is 38.8 Å². The summed E-state index contributed by atoms with van der Waals surface area (Å²) in [6.07, 6.45) is 1.50. The maximum absolute atomic E-state index is 12.6. The zero-order chi connectivity index (χ0) is 14.2. The molecule has 0 bridgehead atoms. The molecule has 3 rings (SSSR count). The molecule has 0 N–H and O–H groups in total. The summed E-state index contributed by atoms with van der Waals surface area (Å²) >= 11 is 5.68. The lowest BCUT2D eigenvalue weighted by atomic mass is 10.0. The molecule has 0 radical (unpaired) electrons. The Bertz CT molecular complexity index is 521. The summed E-state index contributed by atoms with van der Waals surface area (Å²) in [5.41, 5.74) is 0.723. The number of rotatable bonds is 1. The molecule has 1 aromatic carbocycles. The van der Waals surface area contributed by atoms with Crippen LogP contribution < -0.4 is 0 Å². The summed E-state index contributed by atoms with van der Waals surface area (Å²) in [7, 11) is 0. The van der Waals surface area contributed by atoms with Gasteiger partial charge in [0.2, 0.25) is 0 Å². The standard InChI is InChI=1S/C14H15BrINO3/c15-12-2-1-10(16)9-11(12)13(18)17-5-3-14(4-6-17)19-7-8-20-14/h1-2,9H,3-8H2. The summed E-state index contributed by atoms with van der Waals surface area (Å²) in [6.45, 7) is 2.68. The van der Waals surface area contributed by atoms with Gasteiger partial charge < -0.3 is 14.4 Å². The zero-order valence-electron chi connectivity index (χ0n) is 10.9. The van der Waals surface area contributed by atoms with Crippen LogP contribution in [0.4, 0.5) is 0 Å². The highest BCUT2D eigenvalue weighted by Gasteiger charge is 2.41.